The summed E-state index contributed by atoms with van der Waals surface area (Å²) in [4.78, 5) is 0. The quantitative estimate of drug-likeness (QED) is 0.553. The van der Waals surface area contributed by atoms with E-state index in [2.05, 4.69) is 83.5 Å². The number of allylic oxidation sites excluding steroid dienone is 2. The van der Waals surface area contributed by atoms with Crippen LogP contribution in [0.25, 0.3) is 12.2 Å². The maximum atomic E-state index is 2.72. The first-order valence-corrected chi connectivity index (χ1v) is 14.3. The summed E-state index contributed by atoms with van der Waals surface area (Å²) in [6.07, 6.45) is 10.9. The summed E-state index contributed by atoms with van der Waals surface area (Å²) in [6, 6.07) is 17.9. The molecule has 108 valence electrons. The molecule has 0 heterocycles. The number of hydrogen-bond acceptors (Lipinski definition) is 0. The molecular formula is C21H20Hf. The molecule has 22 heavy (non-hydrogen) atoms. The van der Waals surface area contributed by atoms with Gasteiger partial charge in [0.1, 0.15) is 0 Å². The molecule has 0 spiro atoms. The van der Waals surface area contributed by atoms with Gasteiger partial charge < -0.3 is 0 Å². The van der Waals surface area contributed by atoms with E-state index >= 15 is 0 Å². The summed E-state index contributed by atoms with van der Waals surface area (Å²) in [5.74, 6) is 0. The second-order valence-electron chi connectivity index (χ2n) is 6.04. The van der Waals surface area contributed by atoms with Crippen LogP contribution >= 0.6 is 0 Å². The predicted molar refractivity (Wildman–Crippen MR) is 92.8 cm³/mol. The van der Waals surface area contributed by atoms with Crippen LogP contribution in [0.5, 0.6) is 0 Å². The van der Waals surface area contributed by atoms with Gasteiger partial charge in [-0.15, -0.1) is 0 Å². The molecule has 2 atom stereocenters. The summed E-state index contributed by atoms with van der Waals surface area (Å²) < 4.78 is 4.14. The topological polar surface area (TPSA) is 0 Å². The van der Waals surface area contributed by atoms with E-state index in [0.717, 1.165) is 0 Å². The van der Waals surface area contributed by atoms with Crippen LogP contribution in [0.3, 0.4) is 0 Å². The van der Waals surface area contributed by atoms with Crippen LogP contribution in [0.15, 0.2) is 60.7 Å². The van der Waals surface area contributed by atoms with Gasteiger partial charge in [-0.1, -0.05) is 0 Å². The van der Waals surface area contributed by atoms with Gasteiger partial charge in [-0.2, -0.15) is 0 Å². The molecular weight excluding hydrogens is 431 g/mol. The van der Waals surface area contributed by atoms with Crippen LogP contribution in [0.4, 0.5) is 0 Å². The molecule has 4 rings (SSSR count). The molecule has 2 aliphatic rings. The molecule has 0 N–H and O–H groups in total. The van der Waals surface area contributed by atoms with Gasteiger partial charge in [0.25, 0.3) is 0 Å². The Kier molecular flexibility index (Phi) is 3.92. The van der Waals surface area contributed by atoms with Crippen molar-refractivity contribution in [2.45, 2.75) is 20.7 Å². The van der Waals surface area contributed by atoms with Crippen LogP contribution in [0.1, 0.15) is 42.9 Å². The second-order valence-corrected chi connectivity index (χ2v) is 15.6. The Morgan fingerprint density at radius 3 is 1.82 bits per heavy atom. The Balaban J connectivity index is 1.78. The maximum absolute atomic E-state index is 2.72. The normalized spacial score (nSPS) is 20.8. The van der Waals surface area contributed by atoms with E-state index in [1.54, 1.807) is 11.1 Å². The Bertz CT molecular complexity index is 732. The van der Waals surface area contributed by atoms with Crippen molar-refractivity contribution in [3.63, 3.8) is 0 Å². The fraction of sp³-hybridized carbons (Fsp3) is 0.190. The van der Waals surface area contributed by atoms with Crippen LogP contribution in [-0.4, -0.2) is 3.76 Å². The number of benzene rings is 2. The first-order valence-electron chi connectivity index (χ1n) is 8.12. The summed E-state index contributed by atoms with van der Waals surface area (Å²) in [6.45, 7) is 2.31. The average Bonchev–Trinajstić information content (AvgIpc) is 3.17. The van der Waals surface area contributed by atoms with E-state index in [9.17, 15) is 0 Å². The Morgan fingerprint density at radius 1 is 0.818 bits per heavy atom. The van der Waals surface area contributed by atoms with Crippen LogP contribution in [0, 0.1) is 0 Å². The summed E-state index contributed by atoms with van der Waals surface area (Å²) in [5, 5.41) is 0. The fourth-order valence-corrected chi connectivity index (χ4v) is 15.4. The van der Waals surface area contributed by atoms with Crippen molar-refractivity contribution in [1.82, 2.24) is 0 Å². The third-order valence-electron chi connectivity index (χ3n) is 4.76. The van der Waals surface area contributed by atoms with Crippen molar-refractivity contribution in [2.75, 3.05) is 0 Å². The van der Waals surface area contributed by atoms with Gasteiger partial charge in [-0.25, -0.2) is 0 Å². The minimum atomic E-state index is -1.99. The zero-order valence-electron chi connectivity index (χ0n) is 12.9. The van der Waals surface area contributed by atoms with Gasteiger partial charge in [0.05, 0.1) is 0 Å². The zero-order chi connectivity index (χ0) is 14.9. The van der Waals surface area contributed by atoms with Gasteiger partial charge in [-0.3, -0.25) is 0 Å². The molecule has 2 aromatic carbocycles. The van der Waals surface area contributed by atoms with Crippen molar-refractivity contribution in [1.29, 1.82) is 0 Å². The van der Waals surface area contributed by atoms with Gasteiger partial charge >= 0.3 is 140 Å². The summed E-state index contributed by atoms with van der Waals surface area (Å²) in [5.41, 5.74) is 6.03. The Labute approximate surface area is 140 Å². The molecule has 2 aliphatic carbocycles. The Hall–Kier alpha value is -1.34. The number of fused-ring (bicyclic) bond motifs is 2. The van der Waals surface area contributed by atoms with E-state index in [-0.39, 0.29) is 0 Å². The standard InChI is InChI=1S/2C9H7.C3H6.Hf/c2*1-2-5-9-7-3-6-8(9)4-1;1-3-2;/h2*1-7H;1H,3H2,2H3;. The van der Waals surface area contributed by atoms with Crippen LogP contribution < -0.4 is 0 Å². The fourth-order valence-electron chi connectivity index (χ4n) is 3.76. The molecule has 2 unspecified atom stereocenters. The first kappa shape index (κ1) is 14.3. The summed E-state index contributed by atoms with van der Waals surface area (Å²) >= 11 is -1.99. The number of rotatable bonds is 3. The monoisotopic (exact) mass is 452 g/mol. The second kappa shape index (κ2) is 6.04. The first-order chi connectivity index (χ1) is 10.9. The van der Waals surface area contributed by atoms with Crippen molar-refractivity contribution in [3.8, 4) is 0 Å². The molecule has 0 nitrogen and oxygen atoms in total. The van der Waals surface area contributed by atoms with Crippen molar-refractivity contribution in [2.24, 2.45) is 0 Å². The average molecular weight is 451 g/mol. The molecule has 1 heteroatoms. The van der Waals surface area contributed by atoms with Gasteiger partial charge in [0, 0.05) is 0 Å². The zero-order valence-corrected chi connectivity index (χ0v) is 16.5. The molecule has 0 aliphatic heterocycles. The van der Waals surface area contributed by atoms with E-state index in [1.165, 1.54) is 17.5 Å². The molecule has 0 radical (unpaired) electrons. The van der Waals surface area contributed by atoms with Crippen LogP contribution in [-0.2, 0) is 21.0 Å². The molecule has 0 fully saturated rings. The van der Waals surface area contributed by atoms with Gasteiger partial charge in [0.2, 0.25) is 0 Å². The minimum absolute atomic E-state index is 0.710. The molecule has 0 saturated carbocycles. The molecule has 2 aromatic rings. The van der Waals surface area contributed by atoms with E-state index < -0.39 is 21.0 Å². The van der Waals surface area contributed by atoms with Crippen molar-refractivity contribution >= 4 is 15.9 Å². The van der Waals surface area contributed by atoms with Crippen LogP contribution in [0.2, 0.25) is 0 Å². The SMILES string of the molecule is CC[CH]=[Hf]([CH]1C=Cc2ccccc21)[CH]1C=Cc2ccccc21. The number of hydrogen-bond donors (Lipinski definition) is 0. The van der Waals surface area contributed by atoms with Crippen molar-refractivity contribution in [3.05, 3.63) is 82.9 Å². The van der Waals surface area contributed by atoms with Gasteiger partial charge in [-0.05, 0) is 0 Å². The van der Waals surface area contributed by atoms with Crippen molar-refractivity contribution < 1.29 is 21.0 Å². The molecule has 0 amide bonds. The molecule has 0 bridgehead atoms. The van der Waals surface area contributed by atoms with E-state index in [4.69, 9.17) is 0 Å². The third-order valence-corrected chi connectivity index (χ3v) is 16.7. The van der Waals surface area contributed by atoms with E-state index in [0.29, 0.717) is 7.35 Å². The Morgan fingerprint density at radius 2 is 1.32 bits per heavy atom. The third kappa shape index (κ3) is 2.36. The molecule has 0 saturated heterocycles. The van der Waals surface area contributed by atoms with Gasteiger partial charge in [0.15, 0.2) is 0 Å². The van der Waals surface area contributed by atoms with E-state index in [1.807, 2.05) is 0 Å². The molecule has 0 aromatic heterocycles. The predicted octanol–water partition coefficient (Wildman–Crippen LogP) is 5.35. The summed E-state index contributed by atoms with van der Waals surface area (Å²) in [7, 11) is 0.